The van der Waals surface area contributed by atoms with E-state index in [4.69, 9.17) is 0 Å². The van der Waals surface area contributed by atoms with Crippen LogP contribution in [0.25, 0.3) is 5.69 Å². The smallest absolute Gasteiger partial charge is 0.227 e. The van der Waals surface area contributed by atoms with Gasteiger partial charge in [-0.3, -0.25) is 4.79 Å². The van der Waals surface area contributed by atoms with Crippen molar-refractivity contribution in [1.29, 1.82) is 0 Å². The number of para-hydroxylation sites is 1. The van der Waals surface area contributed by atoms with Gasteiger partial charge in [-0.05, 0) is 37.5 Å². The molecule has 4 nitrogen and oxygen atoms in total. The summed E-state index contributed by atoms with van der Waals surface area (Å²) in [6.07, 6.45) is 9.01. The fourth-order valence-electron chi connectivity index (χ4n) is 3.30. The van der Waals surface area contributed by atoms with Crippen molar-refractivity contribution >= 4 is 5.91 Å². The van der Waals surface area contributed by atoms with Gasteiger partial charge in [-0.2, -0.15) is 5.10 Å². The first kappa shape index (κ1) is 14.8. The molecule has 116 valence electrons. The Morgan fingerprint density at radius 2 is 2.00 bits per heavy atom. The molecule has 0 bridgehead atoms. The van der Waals surface area contributed by atoms with E-state index < -0.39 is 0 Å². The number of carbonyl (C=O) groups excluding carboxylic acids is 1. The normalized spacial score (nSPS) is 15.1. The zero-order valence-electron chi connectivity index (χ0n) is 13.1. The van der Waals surface area contributed by atoms with E-state index in [1.807, 2.05) is 46.1 Å². The van der Waals surface area contributed by atoms with Crippen molar-refractivity contribution in [3.63, 3.8) is 0 Å². The number of carbonyl (C=O) groups is 1. The highest BCUT2D eigenvalue weighted by atomic mass is 16.2. The molecular weight excluding hydrogens is 274 g/mol. The summed E-state index contributed by atoms with van der Waals surface area (Å²) >= 11 is 0. The van der Waals surface area contributed by atoms with Gasteiger partial charge in [-0.15, -0.1) is 0 Å². The highest BCUT2D eigenvalue weighted by Crippen LogP contribution is 2.24. The second kappa shape index (κ2) is 6.77. The molecule has 0 saturated heterocycles. The van der Waals surface area contributed by atoms with Gasteiger partial charge in [0.15, 0.2) is 0 Å². The summed E-state index contributed by atoms with van der Waals surface area (Å²) in [7, 11) is 0. The van der Waals surface area contributed by atoms with Crippen molar-refractivity contribution in [3.8, 4) is 5.69 Å². The monoisotopic (exact) mass is 297 g/mol. The first-order valence-electron chi connectivity index (χ1n) is 8.16. The van der Waals surface area contributed by atoms with Crippen LogP contribution in [0.4, 0.5) is 0 Å². The molecule has 1 saturated carbocycles. The first-order valence-corrected chi connectivity index (χ1v) is 8.16. The number of rotatable bonds is 5. The summed E-state index contributed by atoms with van der Waals surface area (Å²) in [5, 5.41) is 4.37. The highest BCUT2D eigenvalue weighted by molar-refractivity contribution is 5.79. The van der Waals surface area contributed by atoms with Crippen LogP contribution in [0.1, 0.15) is 38.2 Å². The van der Waals surface area contributed by atoms with Gasteiger partial charge in [0, 0.05) is 18.8 Å². The van der Waals surface area contributed by atoms with E-state index in [1.54, 1.807) is 6.20 Å². The van der Waals surface area contributed by atoms with Crippen molar-refractivity contribution in [3.05, 3.63) is 48.3 Å². The summed E-state index contributed by atoms with van der Waals surface area (Å²) in [6, 6.07) is 10.4. The highest BCUT2D eigenvalue weighted by Gasteiger charge is 2.25. The Morgan fingerprint density at radius 1 is 1.27 bits per heavy atom. The van der Waals surface area contributed by atoms with Crippen molar-refractivity contribution < 1.29 is 4.79 Å². The second-order valence-electron chi connectivity index (χ2n) is 5.92. The predicted octanol–water partition coefficient (Wildman–Crippen LogP) is 3.21. The van der Waals surface area contributed by atoms with Gasteiger partial charge in [-0.25, -0.2) is 4.68 Å². The van der Waals surface area contributed by atoms with E-state index in [0.717, 1.165) is 30.6 Å². The van der Waals surface area contributed by atoms with E-state index in [-0.39, 0.29) is 5.91 Å². The van der Waals surface area contributed by atoms with Crippen LogP contribution in [0.2, 0.25) is 0 Å². The maximum absolute atomic E-state index is 12.6. The van der Waals surface area contributed by atoms with Crippen molar-refractivity contribution in [2.75, 3.05) is 6.54 Å². The largest absolute Gasteiger partial charge is 0.340 e. The van der Waals surface area contributed by atoms with Crippen LogP contribution in [0.5, 0.6) is 0 Å². The van der Waals surface area contributed by atoms with Crippen LogP contribution < -0.4 is 0 Å². The van der Waals surface area contributed by atoms with E-state index in [0.29, 0.717) is 12.5 Å². The Morgan fingerprint density at radius 3 is 2.68 bits per heavy atom. The molecule has 0 unspecified atom stereocenters. The van der Waals surface area contributed by atoms with E-state index >= 15 is 0 Å². The maximum atomic E-state index is 12.6. The third kappa shape index (κ3) is 3.21. The molecule has 0 atom stereocenters. The zero-order chi connectivity index (χ0) is 15.4. The molecule has 1 aromatic carbocycles. The van der Waals surface area contributed by atoms with Crippen molar-refractivity contribution in [2.24, 2.45) is 0 Å². The predicted molar refractivity (Wildman–Crippen MR) is 86.9 cm³/mol. The number of amides is 1. The fourth-order valence-corrected chi connectivity index (χ4v) is 3.30. The van der Waals surface area contributed by atoms with E-state index in [9.17, 15) is 4.79 Å². The summed E-state index contributed by atoms with van der Waals surface area (Å²) in [5.41, 5.74) is 2.00. The van der Waals surface area contributed by atoms with Crippen molar-refractivity contribution in [1.82, 2.24) is 14.7 Å². The lowest BCUT2D eigenvalue weighted by molar-refractivity contribution is -0.132. The number of likely N-dealkylation sites (N-methyl/N-ethyl adjacent to an activating group) is 1. The third-order valence-corrected chi connectivity index (χ3v) is 4.44. The van der Waals surface area contributed by atoms with Crippen LogP contribution >= 0.6 is 0 Å². The molecule has 1 amide bonds. The lowest BCUT2D eigenvalue weighted by Crippen LogP contribution is -2.39. The molecule has 0 radical (unpaired) electrons. The summed E-state index contributed by atoms with van der Waals surface area (Å²) in [4.78, 5) is 14.6. The van der Waals surface area contributed by atoms with Gasteiger partial charge in [0.05, 0.1) is 18.3 Å². The van der Waals surface area contributed by atoms with Crippen LogP contribution in [-0.2, 0) is 11.2 Å². The number of hydrogen-bond donors (Lipinski definition) is 0. The van der Waals surface area contributed by atoms with Crippen LogP contribution in [-0.4, -0.2) is 33.2 Å². The molecule has 3 rings (SSSR count). The minimum atomic E-state index is 0.224. The molecular formula is C18H23N3O. The summed E-state index contributed by atoms with van der Waals surface area (Å²) < 4.78 is 1.83. The average molecular weight is 297 g/mol. The quantitative estimate of drug-likeness (QED) is 0.850. The molecule has 1 aliphatic carbocycles. The average Bonchev–Trinajstić information content (AvgIpc) is 3.21. The standard InChI is InChI=1S/C18H23N3O/c1-2-20(16-8-6-7-9-16)18(22)12-15-13-19-21(14-15)17-10-4-3-5-11-17/h3-5,10-11,13-14,16H,2,6-9,12H2,1H3. The summed E-state index contributed by atoms with van der Waals surface area (Å²) in [5.74, 6) is 0.224. The zero-order valence-corrected chi connectivity index (χ0v) is 13.1. The lowest BCUT2D eigenvalue weighted by Gasteiger charge is -2.27. The molecule has 1 aromatic heterocycles. The fraction of sp³-hybridized carbons (Fsp3) is 0.444. The first-order chi connectivity index (χ1) is 10.8. The SMILES string of the molecule is CCN(C(=O)Cc1cnn(-c2ccccc2)c1)C1CCCC1. The topological polar surface area (TPSA) is 38.1 Å². The van der Waals surface area contributed by atoms with E-state index in [2.05, 4.69) is 12.0 Å². The number of nitrogens with zero attached hydrogens (tertiary/aromatic N) is 3. The molecule has 0 spiro atoms. The minimum absolute atomic E-state index is 0.224. The summed E-state index contributed by atoms with van der Waals surface area (Å²) in [6.45, 7) is 2.87. The second-order valence-corrected chi connectivity index (χ2v) is 5.92. The molecule has 1 fully saturated rings. The molecule has 1 aliphatic rings. The van der Waals surface area contributed by atoms with Gasteiger partial charge in [0.1, 0.15) is 0 Å². The van der Waals surface area contributed by atoms with Crippen LogP contribution in [0.15, 0.2) is 42.7 Å². The Bertz CT molecular complexity index is 614. The van der Waals surface area contributed by atoms with Gasteiger partial charge >= 0.3 is 0 Å². The number of benzene rings is 1. The number of aromatic nitrogens is 2. The Labute approximate surface area is 131 Å². The van der Waals surface area contributed by atoms with Gasteiger partial charge in [-0.1, -0.05) is 31.0 Å². The van der Waals surface area contributed by atoms with E-state index in [1.165, 1.54) is 12.8 Å². The number of hydrogen-bond acceptors (Lipinski definition) is 2. The Kier molecular flexibility index (Phi) is 4.56. The van der Waals surface area contributed by atoms with Crippen LogP contribution in [0.3, 0.4) is 0 Å². The third-order valence-electron chi connectivity index (χ3n) is 4.44. The van der Waals surface area contributed by atoms with Crippen LogP contribution in [0, 0.1) is 0 Å². The molecule has 22 heavy (non-hydrogen) atoms. The maximum Gasteiger partial charge on any atom is 0.227 e. The van der Waals surface area contributed by atoms with Gasteiger partial charge in [0.2, 0.25) is 5.91 Å². The lowest BCUT2D eigenvalue weighted by atomic mass is 10.1. The molecule has 2 aromatic rings. The Balaban J connectivity index is 1.67. The minimum Gasteiger partial charge on any atom is -0.340 e. The molecule has 4 heteroatoms. The molecule has 0 aliphatic heterocycles. The Hall–Kier alpha value is -2.10. The van der Waals surface area contributed by atoms with Gasteiger partial charge in [0.25, 0.3) is 0 Å². The molecule has 0 N–H and O–H groups in total. The molecule has 1 heterocycles. The van der Waals surface area contributed by atoms with Crippen molar-refractivity contribution in [2.45, 2.75) is 45.1 Å². The van der Waals surface area contributed by atoms with Gasteiger partial charge < -0.3 is 4.90 Å².